The Morgan fingerprint density at radius 2 is 2.18 bits per heavy atom. The van der Waals surface area contributed by atoms with Crippen molar-refractivity contribution in [3.8, 4) is 0 Å². The van der Waals surface area contributed by atoms with Crippen molar-refractivity contribution in [3.63, 3.8) is 0 Å². The summed E-state index contributed by atoms with van der Waals surface area (Å²) >= 11 is 1.78. The molecule has 0 aliphatic heterocycles. The molecule has 0 spiro atoms. The fourth-order valence-electron chi connectivity index (χ4n) is 2.75. The number of nitrogens with one attached hydrogen (secondary N) is 1. The third-order valence-electron chi connectivity index (χ3n) is 4.17. The quantitative estimate of drug-likeness (QED) is 0.861. The van der Waals surface area contributed by atoms with Gasteiger partial charge in [-0.3, -0.25) is 0 Å². The molecule has 2 aromatic rings. The van der Waals surface area contributed by atoms with Crippen LogP contribution < -0.4 is 5.32 Å². The topological polar surface area (TPSA) is 24.9 Å². The highest BCUT2D eigenvalue weighted by atomic mass is 32.1. The normalized spacial score (nSPS) is 28.7. The Bertz CT molecular complexity index is 520. The van der Waals surface area contributed by atoms with Crippen LogP contribution in [0.2, 0.25) is 0 Å². The van der Waals surface area contributed by atoms with Gasteiger partial charge < -0.3 is 5.32 Å². The Balaban J connectivity index is 1.88. The Kier molecular flexibility index (Phi) is 2.79. The summed E-state index contributed by atoms with van der Waals surface area (Å²) in [7, 11) is 0. The summed E-state index contributed by atoms with van der Waals surface area (Å²) in [6, 6.07) is 4.84. The molecule has 1 N–H and O–H groups in total. The van der Waals surface area contributed by atoms with E-state index in [-0.39, 0.29) is 0 Å². The van der Waals surface area contributed by atoms with Crippen LogP contribution in [0.4, 0.5) is 5.82 Å². The number of pyridine rings is 1. The summed E-state index contributed by atoms with van der Waals surface area (Å²) in [4.78, 5) is 4.50. The molecule has 0 bridgehead atoms. The van der Waals surface area contributed by atoms with Gasteiger partial charge in [0.1, 0.15) is 5.82 Å². The molecule has 0 amide bonds. The van der Waals surface area contributed by atoms with Gasteiger partial charge >= 0.3 is 0 Å². The van der Waals surface area contributed by atoms with Crippen LogP contribution in [0.3, 0.4) is 0 Å². The first-order valence-electron chi connectivity index (χ1n) is 6.34. The molecular weight excluding hydrogens is 228 g/mol. The van der Waals surface area contributed by atoms with Crippen molar-refractivity contribution in [2.45, 2.75) is 32.7 Å². The highest BCUT2D eigenvalue weighted by Crippen LogP contribution is 2.34. The smallest absolute Gasteiger partial charge is 0.134 e. The summed E-state index contributed by atoms with van der Waals surface area (Å²) in [6.45, 7) is 4.70. The first-order chi connectivity index (χ1) is 8.25. The number of aromatic nitrogens is 1. The van der Waals surface area contributed by atoms with E-state index >= 15 is 0 Å². The Morgan fingerprint density at radius 1 is 1.29 bits per heavy atom. The number of fused-ring (bicyclic) bond motifs is 1. The molecule has 1 saturated carbocycles. The van der Waals surface area contributed by atoms with E-state index in [2.05, 4.69) is 41.7 Å². The minimum Gasteiger partial charge on any atom is -0.367 e. The number of hydrogen-bond acceptors (Lipinski definition) is 3. The molecule has 3 unspecified atom stereocenters. The molecule has 90 valence electrons. The molecule has 2 nitrogen and oxygen atoms in total. The zero-order valence-corrected chi connectivity index (χ0v) is 11.1. The predicted octanol–water partition coefficient (Wildman–Crippen LogP) is 4.14. The minimum absolute atomic E-state index is 0.586. The van der Waals surface area contributed by atoms with Crippen molar-refractivity contribution in [3.05, 3.63) is 23.7 Å². The summed E-state index contributed by atoms with van der Waals surface area (Å²) in [6.07, 6.45) is 4.51. The second-order valence-corrected chi connectivity index (χ2v) is 6.10. The standard InChI is InChI=1S/C14H18N2S/c1-9-3-4-12(10(9)2)16-14-11-6-8-17-13(11)5-7-15-14/h5-10,12H,3-4H2,1-2H3,(H,15,16). The molecule has 0 saturated heterocycles. The zero-order valence-electron chi connectivity index (χ0n) is 10.3. The molecule has 1 fully saturated rings. The SMILES string of the molecule is CC1CCC(Nc2nccc3sccc23)C1C. The molecule has 0 aromatic carbocycles. The van der Waals surface area contributed by atoms with Gasteiger partial charge in [0.15, 0.2) is 0 Å². The van der Waals surface area contributed by atoms with Crippen molar-refractivity contribution >= 4 is 27.2 Å². The molecule has 2 aromatic heterocycles. The second-order valence-electron chi connectivity index (χ2n) is 5.16. The van der Waals surface area contributed by atoms with Crippen LogP contribution in [0.5, 0.6) is 0 Å². The van der Waals surface area contributed by atoms with Crippen LogP contribution in [0, 0.1) is 11.8 Å². The summed E-state index contributed by atoms with van der Waals surface area (Å²) in [5, 5.41) is 7.05. The van der Waals surface area contributed by atoms with E-state index in [0.717, 1.165) is 17.7 Å². The second kappa shape index (κ2) is 4.30. The van der Waals surface area contributed by atoms with Gasteiger partial charge in [0.25, 0.3) is 0 Å². The number of nitrogens with zero attached hydrogens (tertiary/aromatic N) is 1. The van der Waals surface area contributed by atoms with Crippen molar-refractivity contribution in [2.24, 2.45) is 11.8 Å². The van der Waals surface area contributed by atoms with Gasteiger partial charge in [-0.1, -0.05) is 13.8 Å². The maximum absolute atomic E-state index is 4.50. The van der Waals surface area contributed by atoms with E-state index in [1.807, 2.05) is 6.20 Å². The van der Waals surface area contributed by atoms with Crippen LogP contribution in [0.1, 0.15) is 26.7 Å². The van der Waals surface area contributed by atoms with E-state index in [1.165, 1.54) is 22.9 Å². The average Bonchev–Trinajstić information content (AvgIpc) is 2.91. The molecule has 3 heteroatoms. The largest absolute Gasteiger partial charge is 0.367 e. The number of hydrogen-bond donors (Lipinski definition) is 1. The minimum atomic E-state index is 0.586. The molecule has 1 aliphatic carbocycles. The first kappa shape index (κ1) is 11.0. The average molecular weight is 246 g/mol. The zero-order chi connectivity index (χ0) is 11.8. The van der Waals surface area contributed by atoms with Crippen molar-refractivity contribution < 1.29 is 0 Å². The molecule has 3 atom stereocenters. The van der Waals surface area contributed by atoms with E-state index in [1.54, 1.807) is 11.3 Å². The Hall–Kier alpha value is -1.09. The molecule has 17 heavy (non-hydrogen) atoms. The van der Waals surface area contributed by atoms with Crippen molar-refractivity contribution in [1.82, 2.24) is 4.98 Å². The molecule has 1 aliphatic rings. The van der Waals surface area contributed by atoms with Gasteiger partial charge in [-0.15, -0.1) is 11.3 Å². The molecule has 2 heterocycles. The van der Waals surface area contributed by atoms with E-state index in [9.17, 15) is 0 Å². The number of anilines is 1. The van der Waals surface area contributed by atoms with Gasteiger partial charge in [0, 0.05) is 22.3 Å². The number of rotatable bonds is 2. The Morgan fingerprint density at radius 3 is 2.94 bits per heavy atom. The van der Waals surface area contributed by atoms with Crippen LogP contribution in [0.15, 0.2) is 23.7 Å². The van der Waals surface area contributed by atoms with Crippen LogP contribution in [0.25, 0.3) is 10.1 Å². The van der Waals surface area contributed by atoms with Crippen molar-refractivity contribution in [1.29, 1.82) is 0 Å². The lowest BCUT2D eigenvalue weighted by Crippen LogP contribution is -2.24. The first-order valence-corrected chi connectivity index (χ1v) is 7.22. The highest BCUT2D eigenvalue weighted by molar-refractivity contribution is 7.17. The highest BCUT2D eigenvalue weighted by Gasteiger charge is 2.29. The fourth-order valence-corrected chi connectivity index (χ4v) is 3.54. The Labute approximate surface area is 106 Å². The van der Waals surface area contributed by atoms with Gasteiger partial charge in [-0.25, -0.2) is 4.98 Å². The third-order valence-corrected chi connectivity index (χ3v) is 5.05. The van der Waals surface area contributed by atoms with Crippen LogP contribution in [-0.2, 0) is 0 Å². The van der Waals surface area contributed by atoms with E-state index < -0.39 is 0 Å². The molecule has 3 rings (SSSR count). The predicted molar refractivity (Wildman–Crippen MR) is 74.6 cm³/mol. The van der Waals surface area contributed by atoms with Gasteiger partial charge in [-0.05, 0) is 42.2 Å². The maximum atomic E-state index is 4.50. The van der Waals surface area contributed by atoms with Gasteiger partial charge in [0.2, 0.25) is 0 Å². The van der Waals surface area contributed by atoms with Gasteiger partial charge in [-0.2, -0.15) is 0 Å². The lowest BCUT2D eigenvalue weighted by molar-refractivity contribution is 0.435. The van der Waals surface area contributed by atoms with E-state index in [0.29, 0.717) is 6.04 Å². The summed E-state index contributed by atoms with van der Waals surface area (Å²) in [5.41, 5.74) is 0. The third kappa shape index (κ3) is 1.93. The van der Waals surface area contributed by atoms with Crippen LogP contribution in [-0.4, -0.2) is 11.0 Å². The summed E-state index contributed by atoms with van der Waals surface area (Å²) in [5.74, 6) is 2.63. The lowest BCUT2D eigenvalue weighted by atomic mass is 9.98. The monoisotopic (exact) mass is 246 g/mol. The van der Waals surface area contributed by atoms with Crippen LogP contribution >= 0.6 is 11.3 Å². The molecular formula is C14H18N2S. The molecule has 0 radical (unpaired) electrons. The van der Waals surface area contributed by atoms with Crippen molar-refractivity contribution in [2.75, 3.05) is 5.32 Å². The van der Waals surface area contributed by atoms with E-state index in [4.69, 9.17) is 0 Å². The fraction of sp³-hybridized carbons (Fsp3) is 0.500. The lowest BCUT2D eigenvalue weighted by Gasteiger charge is -2.20. The maximum Gasteiger partial charge on any atom is 0.134 e. The van der Waals surface area contributed by atoms with Gasteiger partial charge in [0.05, 0.1) is 0 Å². The summed E-state index contributed by atoms with van der Waals surface area (Å²) < 4.78 is 1.32. The number of thiophene rings is 1.